The fourth-order valence-electron chi connectivity index (χ4n) is 5.33. The second-order valence-electron chi connectivity index (χ2n) is 10.3. The average Bonchev–Trinajstić information content (AvgIpc) is 3.47. The Hall–Kier alpha value is -3.46. The Morgan fingerprint density at radius 2 is 1.82 bits per heavy atom. The Kier molecular flexibility index (Phi) is 10.7. The second kappa shape index (κ2) is 14.6. The van der Waals surface area contributed by atoms with Gasteiger partial charge in [-0.3, -0.25) is 14.4 Å². The third kappa shape index (κ3) is 8.51. The van der Waals surface area contributed by atoms with Crippen molar-refractivity contribution in [1.29, 1.82) is 0 Å². The van der Waals surface area contributed by atoms with Crippen molar-refractivity contribution in [1.82, 2.24) is 15.2 Å². The topological polar surface area (TPSA) is 110 Å². The van der Waals surface area contributed by atoms with E-state index in [0.717, 1.165) is 44.1 Å². The predicted octanol–water partition coefficient (Wildman–Crippen LogP) is 4.40. The molecule has 1 aliphatic heterocycles. The van der Waals surface area contributed by atoms with Gasteiger partial charge in [0.05, 0.1) is 13.2 Å². The number of hydrogen-bond acceptors (Lipinski definition) is 6. The molecule has 0 unspecified atom stereocenters. The first kappa shape index (κ1) is 28.5. The van der Waals surface area contributed by atoms with Crippen LogP contribution in [-0.4, -0.2) is 60.0 Å². The van der Waals surface area contributed by atoms with E-state index in [4.69, 9.17) is 9.47 Å². The Labute approximate surface area is 230 Å². The van der Waals surface area contributed by atoms with E-state index in [1.54, 1.807) is 36.4 Å². The van der Waals surface area contributed by atoms with E-state index in [1.807, 2.05) is 24.3 Å². The highest BCUT2D eigenvalue weighted by molar-refractivity contribution is 5.91. The van der Waals surface area contributed by atoms with Gasteiger partial charge in [0.1, 0.15) is 17.6 Å². The van der Waals surface area contributed by atoms with Gasteiger partial charge in [-0.15, -0.1) is 0 Å². The first-order chi connectivity index (χ1) is 19.0. The predicted molar refractivity (Wildman–Crippen MR) is 148 cm³/mol. The number of carbonyl (C=O) groups is 3. The van der Waals surface area contributed by atoms with Gasteiger partial charge in [0.15, 0.2) is 0 Å². The maximum atomic E-state index is 13.8. The molecule has 3 amide bonds. The maximum Gasteiger partial charge on any atom is 0.247 e. The van der Waals surface area contributed by atoms with E-state index in [-0.39, 0.29) is 42.7 Å². The molecule has 4 rings (SSSR count). The summed E-state index contributed by atoms with van der Waals surface area (Å²) < 4.78 is 11.2. The summed E-state index contributed by atoms with van der Waals surface area (Å²) in [6.07, 6.45) is 9.23. The van der Waals surface area contributed by atoms with Crippen molar-refractivity contribution >= 4 is 23.5 Å². The lowest BCUT2D eigenvalue weighted by atomic mass is 9.94. The van der Waals surface area contributed by atoms with E-state index < -0.39 is 6.04 Å². The highest BCUT2D eigenvalue weighted by atomic mass is 16.5. The van der Waals surface area contributed by atoms with Crippen LogP contribution in [-0.2, 0) is 19.1 Å². The largest absolute Gasteiger partial charge is 0.497 e. The molecule has 2 aromatic rings. The summed E-state index contributed by atoms with van der Waals surface area (Å²) >= 11 is 0. The minimum atomic E-state index is -0.795. The van der Waals surface area contributed by atoms with E-state index in [2.05, 4.69) is 15.6 Å². The molecule has 9 heteroatoms. The molecule has 39 heavy (non-hydrogen) atoms. The molecule has 1 aromatic carbocycles. The number of rotatable bonds is 12. The molecular weight excluding hydrogens is 496 g/mol. The normalized spacial score (nSPS) is 18.2. The van der Waals surface area contributed by atoms with Gasteiger partial charge in [-0.2, -0.15) is 0 Å². The van der Waals surface area contributed by atoms with Crippen LogP contribution in [0.5, 0.6) is 5.75 Å². The number of nitrogens with zero attached hydrogens (tertiary/aromatic N) is 2. The summed E-state index contributed by atoms with van der Waals surface area (Å²) in [5.74, 6) is 0.616. The van der Waals surface area contributed by atoms with E-state index in [1.165, 1.54) is 6.42 Å². The second-order valence-corrected chi connectivity index (χ2v) is 10.3. The van der Waals surface area contributed by atoms with Crippen LogP contribution in [0.25, 0.3) is 0 Å². The van der Waals surface area contributed by atoms with Crippen LogP contribution in [0.4, 0.5) is 5.82 Å². The van der Waals surface area contributed by atoms with Gasteiger partial charge in [0, 0.05) is 38.2 Å². The maximum absolute atomic E-state index is 13.8. The molecule has 1 saturated carbocycles. The molecule has 9 nitrogen and oxygen atoms in total. The van der Waals surface area contributed by atoms with Crippen molar-refractivity contribution in [2.45, 2.75) is 82.4 Å². The number of carbonyl (C=O) groups excluding carboxylic acids is 3. The third-order valence-electron chi connectivity index (χ3n) is 7.41. The number of benzene rings is 1. The minimum absolute atomic E-state index is 0.113. The number of aromatic nitrogens is 1. The van der Waals surface area contributed by atoms with Crippen LogP contribution in [0, 0.1) is 0 Å². The molecule has 1 aromatic heterocycles. The number of pyridine rings is 1. The van der Waals surface area contributed by atoms with Crippen LogP contribution in [0.2, 0.25) is 0 Å². The van der Waals surface area contributed by atoms with Gasteiger partial charge in [0.25, 0.3) is 0 Å². The highest BCUT2D eigenvalue weighted by Crippen LogP contribution is 2.28. The van der Waals surface area contributed by atoms with E-state index >= 15 is 0 Å². The van der Waals surface area contributed by atoms with Crippen molar-refractivity contribution in [2.24, 2.45) is 0 Å². The molecular formula is C30H40N4O5. The number of anilines is 1. The summed E-state index contributed by atoms with van der Waals surface area (Å²) in [6.45, 7) is 0.982. The van der Waals surface area contributed by atoms with Crippen LogP contribution in [0.1, 0.15) is 75.8 Å². The lowest BCUT2D eigenvalue weighted by Gasteiger charge is -2.35. The van der Waals surface area contributed by atoms with E-state index in [9.17, 15) is 14.4 Å². The Morgan fingerprint density at radius 1 is 1.03 bits per heavy atom. The number of hydrogen-bond donors (Lipinski definition) is 2. The molecule has 1 aliphatic carbocycles. The number of amides is 3. The Bertz CT molecular complexity index is 1070. The van der Waals surface area contributed by atoms with Gasteiger partial charge in [-0.05, 0) is 61.9 Å². The molecule has 0 bridgehead atoms. The van der Waals surface area contributed by atoms with Crippen LogP contribution >= 0.6 is 0 Å². The minimum Gasteiger partial charge on any atom is -0.497 e. The SMILES string of the molecule is COc1ccc([C@H](C(=O)NC2CCCCC2)N(C[C@H]2CCCO2)C(=O)CCCC(=O)Nc2ccccn2)cc1. The first-order valence-corrected chi connectivity index (χ1v) is 14.1. The van der Waals surface area contributed by atoms with Crippen LogP contribution in [0.3, 0.4) is 0 Å². The smallest absolute Gasteiger partial charge is 0.247 e. The summed E-state index contributed by atoms with van der Waals surface area (Å²) in [5.41, 5.74) is 0.725. The summed E-state index contributed by atoms with van der Waals surface area (Å²) in [7, 11) is 1.60. The van der Waals surface area contributed by atoms with Crippen LogP contribution < -0.4 is 15.4 Å². The van der Waals surface area contributed by atoms with Gasteiger partial charge >= 0.3 is 0 Å². The van der Waals surface area contributed by atoms with E-state index in [0.29, 0.717) is 31.1 Å². The molecule has 0 spiro atoms. The summed E-state index contributed by atoms with van der Waals surface area (Å²) in [4.78, 5) is 45.7. The van der Waals surface area contributed by atoms with Gasteiger partial charge in [0.2, 0.25) is 17.7 Å². The van der Waals surface area contributed by atoms with Gasteiger partial charge in [-0.1, -0.05) is 37.5 Å². The molecule has 2 N–H and O–H groups in total. The quantitative estimate of drug-likeness (QED) is 0.416. The van der Waals surface area contributed by atoms with Crippen molar-refractivity contribution in [3.05, 3.63) is 54.2 Å². The average molecular weight is 537 g/mol. The standard InChI is InChI=1S/C30H40N4O5/c1-38-24-17-15-22(16-18-24)29(30(37)32-23-9-3-2-4-10-23)34(21-25-11-8-20-39-25)28(36)14-7-13-27(35)33-26-12-5-6-19-31-26/h5-6,12,15-19,23,25,29H,2-4,7-11,13-14,20-21H2,1H3,(H,32,37)(H,31,33,35)/t25-,29-/m1/s1. The molecule has 0 radical (unpaired) electrons. The summed E-state index contributed by atoms with van der Waals surface area (Å²) in [5, 5.41) is 5.99. The van der Waals surface area contributed by atoms with Gasteiger partial charge in [-0.25, -0.2) is 4.98 Å². The molecule has 2 atom stereocenters. The van der Waals surface area contributed by atoms with Crippen molar-refractivity contribution in [3.8, 4) is 5.75 Å². The van der Waals surface area contributed by atoms with Crippen LogP contribution in [0.15, 0.2) is 48.7 Å². The number of methoxy groups -OCH3 is 1. The summed E-state index contributed by atoms with van der Waals surface area (Å²) in [6, 6.07) is 11.9. The fraction of sp³-hybridized carbons (Fsp3) is 0.533. The zero-order valence-corrected chi connectivity index (χ0v) is 22.8. The molecule has 1 saturated heterocycles. The fourth-order valence-corrected chi connectivity index (χ4v) is 5.33. The lowest BCUT2D eigenvalue weighted by molar-refractivity contribution is -0.143. The van der Waals surface area contributed by atoms with Crippen molar-refractivity contribution in [2.75, 3.05) is 25.6 Å². The highest BCUT2D eigenvalue weighted by Gasteiger charge is 2.35. The number of nitrogens with one attached hydrogen (secondary N) is 2. The third-order valence-corrected chi connectivity index (χ3v) is 7.41. The molecule has 2 aliphatic rings. The molecule has 2 fully saturated rings. The van der Waals surface area contributed by atoms with Gasteiger partial charge < -0.3 is 25.0 Å². The zero-order chi connectivity index (χ0) is 27.5. The van der Waals surface area contributed by atoms with Crippen molar-refractivity contribution in [3.63, 3.8) is 0 Å². The lowest BCUT2D eigenvalue weighted by Crippen LogP contribution is -2.49. The zero-order valence-electron chi connectivity index (χ0n) is 22.8. The Balaban J connectivity index is 1.49. The Morgan fingerprint density at radius 3 is 2.49 bits per heavy atom. The monoisotopic (exact) mass is 536 g/mol. The molecule has 2 heterocycles. The molecule has 210 valence electrons. The van der Waals surface area contributed by atoms with Crippen molar-refractivity contribution < 1.29 is 23.9 Å². The number of ether oxygens (including phenoxy) is 2. The first-order valence-electron chi connectivity index (χ1n) is 14.1.